The van der Waals surface area contributed by atoms with Gasteiger partial charge in [0, 0.05) is 10.5 Å². The molecule has 0 N–H and O–H groups in total. The van der Waals surface area contributed by atoms with E-state index in [0.29, 0.717) is 0 Å². The molecule has 0 saturated carbocycles. The second-order valence-electron chi connectivity index (χ2n) is 2.86. The van der Waals surface area contributed by atoms with E-state index in [0.717, 1.165) is 13.2 Å². The molecule has 1 aromatic rings. The number of hydrogen-bond acceptors (Lipinski definition) is 4. The number of alkyl halides is 2. The highest BCUT2D eigenvalue weighted by atomic mass is 32.1. The Labute approximate surface area is 96.0 Å². The lowest BCUT2D eigenvalue weighted by Crippen LogP contribution is -2.09. The SMILES string of the molecule is COC(=O)c1c(C#N)cc(S)cc1C(F)F. The van der Waals surface area contributed by atoms with Gasteiger partial charge in [0.25, 0.3) is 6.43 Å². The van der Waals surface area contributed by atoms with Gasteiger partial charge in [0.05, 0.1) is 18.2 Å². The zero-order valence-corrected chi connectivity index (χ0v) is 9.09. The molecule has 0 aliphatic heterocycles. The van der Waals surface area contributed by atoms with E-state index in [1.165, 1.54) is 6.07 Å². The lowest BCUT2D eigenvalue weighted by Gasteiger charge is -2.09. The summed E-state index contributed by atoms with van der Waals surface area (Å²) in [6, 6.07) is 3.94. The standard InChI is InChI=1S/C10H7F2NO2S/c1-15-10(14)8-5(4-13)2-6(16)3-7(8)9(11)12/h2-3,9,16H,1H3. The first-order valence-corrected chi connectivity index (χ1v) is 4.59. The van der Waals surface area contributed by atoms with E-state index in [9.17, 15) is 13.6 Å². The van der Waals surface area contributed by atoms with Crippen LogP contribution in [0.15, 0.2) is 17.0 Å². The molecule has 0 aliphatic rings. The van der Waals surface area contributed by atoms with Crippen LogP contribution in [-0.4, -0.2) is 13.1 Å². The van der Waals surface area contributed by atoms with E-state index in [-0.39, 0.29) is 10.5 Å². The van der Waals surface area contributed by atoms with Gasteiger partial charge in [-0.1, -0.05) is 0 Å². The minimum atomic E-state index is -2.87. The number of rotatable bonds is 2. The van der Waals surface area contributed by atoms with Crippen molar-refractivity contribution < 1.29 is 18.3 Å². The van der Waals surface area contributed by atoms with E-state index < -0.39 is 23.5 Å². The molecule has 1 rings (SSSR count). The van der Waals surface area contributed by atoms with Gasteiger partial charge in [-0.15, -0.1) is 12.6 Å². The van der Waals surface area contributed by atoms with E-state index in [2.05, 4.69) is 17.4 Å². The number of hydrogen-bond donors (Lipinski definition) is 1. The third-order valence-corrected chi connectivity index (χ3v) is 2.16. The zero-order valence-electron chi connectivity index (χ0n) is 8.20. The van der Waals surface area contributed by atoms with Crippen molar-refractivity contribution >= 4 is 18.6 Å². The Balaban J connectivity index is 3.53. The van der Waals surface area contributed by atoms with Crippen LogP contribution in [0.25, 0.3) is 0 Å². The number of nitriles is 1. The van der Waals surface area contributed by atoms with Crippen molar-refractivity contribution in [3.05, 3.63) is 28.8 Å². The number of methoxy groups -OCH3 is 1. The van der Waals surface area contributed by atoms with Gasteiger partial charge in [-0.25, -0.2) is 13.6 Å². The fourth-order valence-corrected chi connectivity index (χ4v) is 1.51. The topological polar surface area (TPSA) is 50.1 Å². The largest absolute Gasteiger partial charge is 0.465 e. The van der Waals surface area contributed by atoms with Crippen LogP contribution in [-0.2, 0) is 4.74 Å². The second kappa shape index (κ2) is 4.94. The molecule has 1 aromatic carbocycles. The van der Waals surface area contributed by atoms with E-state index in [1.807, 2.05) is 0 Å². The molecule has 0 spiro atoms. The average Bonchev–Trinajstić information content (AvgIpc) is 2.26. The fourth-order valence-electron chi connectivity index (χ4n) is 1.24. The Morgan fingerprint density at radius 3 is 2.62 bits per heavy atom. The third kappa shape index (κ3) is 2.31. The van der Waals surface area contributed by atoms with E-state index in [1.54, 1.807) is 6.07 Å². The van der Waals surface area contributed by atoms with Gasteiger partial charge in [-0.2, -0.15) is 5.26 Å². The van der Waals surface area contributed by atoms with Crippen LogP contribution in [0, 0.1) is 11.3 Å². The van der Waals surface area contributed by atoms with Gasteiger partial charge in [0.2, 0.25) is 0 Å². The Kier molecular flexibility index (Phi) is 3.85. The van der Waals surface area contributed by atoms with Crippen LogP contribution in [0.4, 0.5) is 8.78 Å². The Hall–Kier alpha value is -1.61. The Morgan fingerprint density at radius 2 is 2.19 bits per heavy atom. The van der Waals surface area contributed by atoms with Gasteiger partial charge in [0.15, 0.2) is 0 Å². The number of halogens is 2. The number of benzene rings is 1. The number of ether oxygens (including phenoxy) is 1. The molecule has 0 aromatic heterocycles. The van der Waals surface area contributed by atoms with Crippen LogP contribution in [0.3, 0.4) is 0 Å². The second-order valence-corrected chi connectivity index (χ2v) is 3.38. The Morgan fingerprint density at radius 1 is 1.56 bits per heavy atom. The maximum atomic E-state index is 12.7. The number of nitrogens with zero attached hydrogens (tertiary/aromatic N) is 1. The fraction of sp³-hybridized carbons (Fsp3) is 0.200. The lowest BCUT2D eigenvalue weighted by molar-refractivity contribution is 0.0588. The molecule has 0 unspecified atom stereocenters. The zero-order chi connectivity index (χ0) is 12.3. The molecule has 6 heteroatoms. The van der Waals surface area contributed by atoms with Crippen LogP contribution < -0.4 is 0 Å². The average molecular weight is 243 g/mol. The molecular formula is C10H7F2NO2S. The van der Waals surface area contributed by atoms with Gasteiger partial charge < -0.3 is 4.74 Å². The van der Waals surface area contributed by atoms with Crippen molar-refractivity contribution in [3.63, 3.8) is 0 Å². The summed E-state index contributed by atoms with van der Waals surface area (Å²) in [7, 11) is 1.06. The van der Waals surface area contributed by atoms with Crippen molar-refractivity contribution in [2.45, 2.75) is 11.3 Å². The summed E-state index contributed by atoms with van der Waals surface area (Å²) in [4.78, 5) is 11.5. The summed E-state index contributed by atoms with van der Waals surface area (Å²) in [6.45, 7) is 0. The van der Waals surface area contributed by atoms with Crippen molar-refractivity contribution in [1.29, 1.82) is 5.26 Å². The molecule has 0 amide bonds. The quantitative estimate of drug-likeness (QED) is 0.641. The predicted molar refractivity (Wildman–Crippen MR) is 54.7 cm³/mol. The Bertz CT molecular complexity index is 469. The number of carbonyl (C=O) groups is 1. The highest BCUT2D eigenvalue weighted by Crippen LogP contribution is 2.28. The molecule has 0 saturated heterocycles. The molecule has 0 atom stereocenters. The number of carbonyl (C=O) groups excluding carboxylic acids is 1. The first-order chi connectivity index (χ1) is 7.51. The molecule has 0 radical (unpaired) electrons. The molecule has 0 aliphatic carbocycles. The summed E-state index contributed by atoms with van der Waals surface area (Å²) >= 11 is 3.88. The maximum absolute atomic E-state index is 12.7. The van der Waals surface area contributed by atoms with Crippen LogP contribution in [0.1, 0.15) is 27.9 Å². The molecule has 3 nitrogen and oxygen atoms in total. The van der Waals surface area contributed by atoms with Crippen LogP contribution >= 0.6 is 12.6 Å². The molecule has 0 fully saturated rings. The third-order valence-electron chi connectivity index (χ3n) is 1.90. The van der Waals surface area contributed by atoms with Crippen molar-refractivity contribution in [2.24, 2.45) is 0 Å². The highest BCUT2D eigenvalue weighted by Gasteiger charge is 2.23. The molecule has 16 heavy (non-hydrogen) atoms. The normalized spacial score (nSPS) is 10.0. The number of esters is 1. The van der Waals surface area contributed by atoms with Gasteiger partial charge in [-0.3, -0.25) is 0 Å². The minimum Gasteiger partial charge on any atom is -0.465 e. The molecule has 0 bridgehead atoms. The smallest absolute Gasteiger partial charge is 0.339 e. The van der Waals surface area contributed by atoms with Crippen LogP contribution in [0.5, 0.6) is 0 Å². The number of thiol groups is 1. The van der Waals surface area contributed by atoms with Gasteiger partial charge in [0.1, 0.15) is 6.07 Å². The monoisotopic (exact) mass is 243 g/mol. The molecular weight excluding hydrogens is 236 g/mol. The first kappa shape index (κ1) is 12.5. The van der Waals surface area contributed by atoms with E-state index in [4.69, 9.17) is 5.26 Å². The maximum Gasteiger partial charge on any atom is 0.339 e. The summed E-state index contributed by atoms with van der Waals surface area (Å²) in [6.07, 6.45) is -2.87. The van der Waals surface area contributed by atoms with Crippen molar-refractivity contribution in [3.8, 4) is 6.07 Å². The summed E-state index contributed by atoms with van der Waals surface area (Å²) in [5.74, 6) is -0.958. The van der Waals surface area contributed by atoms with Gasteiger partial charge >= 0.3 is 5.97 Å². The molecule has 0 heterocycles. The predicted octanol–water partition coefficient (Wildman–Crippen LogP) is 2.57. The summed E-state index contributed by atoms with van der Waals surface area (Å²) in [5, 5.41) is 8.76. The summed E-state index contributed by atoms with van der Waals surface area (Å²) < 4.78 is 29.7. The van der Waals surface area contributed by atoms with Crippen molar-refractivity contribution in [1.82, 2.24) is 0 Å². The highest BCUT2D eigenvalue weighted by molar-refractivity contribution is 7.80. The lowest BCUT2D eigenvalue weighted by atomic mass is 10.0. The first-order valence-electron chi connectivity index (χ1n) is 4.14. The van der Waals surface area contributed by atoms with Crippen molar-refractivity contribution in [2.75, 3.05) is 7.11 Å². The van der Waals surface area contributed by atoms with E-state index >= 15 is 0 Å². The summed E-state index contributed by atoms with van der Waals surface area (Å²) in [5.41, 5.74) is -1.12. The van der Waals surface area contributed by atoms with Gasteiger partial charge in [-0.05, 0) is 12.1 Å². The van der Waals surface area contributed by atoms with Crippen LogP contribution in [0.2, 0.25) is 0 Å². The molecule has 84 valence electrons. The minimum absolute atomic E-state index is 0.172.